The van der Waals surface area contributed by atoms with Gasteiger partial charge in [-0.25, -0.2) is 8.42 Å². The summed E-state index contributed by atoms with van der Waals surface area (Å²) in [4.78, 5) is 44.6. The van der Waals surface area contributed by atoms with Crippen LogP contribution in [0.1, 0.15) is 84.0 Å². The highest BCUT2D eigenvalue weighted by Gasteiger charge is 2.33. The van der Waals surface area contributed by atoms with E-state index in [4.69, 9.17) is 4.74 Å². The predicted octanol–water partition coefficient (Wildman–Crippen LogP) is 4.60. The average molecular weight is 633 g/mol. The molecule has 1 N–H and O–H groups in total. The first kappa shape index (κ1) is 33.1. The van der Waals surface area contributed by atoms with Gasteiger partial charge in [-0.05, 0) is 74.9 Å². The minimum Gasteiger partial charge on any atom is -0.469 e. The molecule has 0 saturated carbocycles. The molecule has 0 unspecified atom stereocenters. The van der Waals surface area contributed by atoms with E-state index in [9.17, 15) is 22.8 Å². The number of esters is 1. The van der Waals surface area contributed by atoms with Crippen molar-refractivity contribution in [1.29, 1.82) is 0 Å². The van der Waals surface area contributed by atoms with Crippen molar-refractivity contribution in [3.8, 4) is 0 Å². The van der Waals surface area contributed by atoms with Gasteiger partial charge in [-0.2, -0.15) is 4.31 Å². The number of nitrogens with zero attached hydrogens (tertiary/aromatic N) is 3. The Kier molecular flexibility index (Phi) is 11.4. The van der Waals surface area contributed by atoms with Crippen LogP contribution >= 0.6 is 11.3 Å². The van der Waals surface area contributed by atoms with Crippen LogP contribution in [0.4, 0.5) is 5.00 Å². The normalized spacial score (nSPS) is 16.5. The SMILES string of the molecule is CCCN1CCc2c(sc(NC(=O)c3ccc(S(=O)(=O)N4CCC(C(=O)OC)CC4)cc3)c2C(=O)N(CCC)CCC)C1. The molecule has 12 heteroatoms. The molecular formula is C31H44N4O6S2. The number of carbonyl (C=O) groups excluding carboxylic acids is 3. The summed E-state index contributed by atoms with van der Waals surface area (Å²) < 4.78 is 32.7. The first-order valence-electron chi connectivity index (χ1n) is 15.3. The minimum atomic E-state index is -3.77. The number of benzene rings is 1. The molecule has 0 atom stereocenters. The van der Waals surface area contributed by atoms with Crippen molar-refractivity contribution < 1.29 is 27.5 Å². The summed E-state index contributed by atoms with van der Waals surface area (Å²) in [6.45, 7) is 10.7. The molecular weight excluding hydrogens is 588 g/mol. The van der Waals surface area contributed by atoms with Crippen LogP contribution < -0.4 is 5.32 Å². The molecule has 43 heavy (non-hydrogen) atoms. The second kappa shape index (κ2) is 14.8. The molecule has 1 aromatic carbocycles. The number of piperidine rings is 1. The maximum absolute atomic E-state index is 13.9. The van der Waals surface area contributed by atoms with Gasteiger partial charge < -0.3 is 15.0 Å². The Hall–Kier alpha value is -2.80. The van der Waals surface area contributed by atoms with Crippen LogP contribution in [0.5, 0.6) is 0 Å². The van der Waals surface area contributed by atoms with Gasteiger partial charge in [0.2, 0.25) is 10.0 Å². The molecule has 10 nitrogen and oxygen atoms in total. The summed E-state index contributed by atoms with van der Waals surface area (Å²) in [5.74, 6) is -1.05. The van der Waals surface area contributed by atoms with Crippen LogP contribution in [-0.4, -0.2) is 86.7 Å². The van der Waals surface area contributed by atoms with E-state index in [1.54, 1.807) is 0 Å². The molecule has 1 fully saturated rings. The van der Waals surface area contributed by atoms with Crippen LogP contribution in [0.25, 0.3) is 0 Å². The second-order valence-electron chi connectivity index (χ2n) is 11.2. The molecule has 1 saturated heterocycles. The molecule has 0 radical (unpaired) electrons. The Bertz CT molecular complexity index is 1390. The van der Waals surface area contributed by atoms with Gasteiger partial charge >= 0.3 is 5.97 Å². The summed E-state index contributed by atoms with van der Waals surface area (Å²) in [5.41, 5.74) is 1.94. The van der Waals surface area contributed by atoms with Crippen LogP contribution in [0.3, 0.4) is 0 Å². The largest absolute Gasteiger partial charge is 0.469 e. The van der Waals surface area contributed by atoms with E-state index >= 15 is 0 Å². The number of sulfonamides is 1. The summed E-state index contributed by atoms with van der Waals surface area (Å²) in [6.07, 6.45) is 4.32. The predicted molar refractivity (Wildman–Crippen MR) is 168 cm³/mol. The molecule has 236 valence electrons. The lowest BCUT2D eigenvalue weighted by Crippen LogP contribution is -2.40. The van der Waals surface area contributed by atoms with Crippen molar-refractivity contribution in [2.75, 3.05) is 51.7 Å². The van der Waals surface area contributed by atoms with Crippen LogP contribution in [0, 0.1) is 5.92 Å². The Morgan fingerprint density at radius 2 is 1.65 bits per heavy atom. The third-order valence-electron chi connectivity index (χ3n) is 8.13. The van der Waals surface area contributed by atoms with Gasteiger partial charge in [0.05, 0.1) is 23.5 Å². The number of nitrogens with one attached hydrogen (secondary N) is 1. The van der Waals surface area contributed by atoms with Crippen LogP contribution in [-0.2, 0) is 32.5 Å². The lowest BCUT2D eigenvalue weighted by Gasteiger charge is -2.29. The number of rotatable bonds is 12. The first-order valence-corrected chi connectivity index (χ1v) is 17.6. The number of carbonyl (C=O) groups is 3. The number of amides is 2. The quantitative estimate of drug-likeness (QED) is 0.340. The highest BCUT2D eigenvalue weighted by molar-refractivity contribution is 7.89. The molecule has 0 aliphatic carbocycles. The van der Waals surface area contributed by atoms with Gasteiger partial charge in [0.15, 0.2) is 0 Å². The smallest absolute Gasteiger partial charge is 0.308 e. The van der Waals surface area contributed by atoms with E-state index in [1.165, 1.54) is 47.0 Å². The van der Waals surface area contributed by atoms with Gasteiger partial charge in [-0.15, -0.1) is 11.3 Å². The number of thiophene rings is 1. The lowest BCUT2D eigenvalue weighted by molar-refractivity contribution is -0.146. The highest BCUT2D eigenvalue weighted by atomic mass is 32.2. The lowest BCUT2D eigenvalue weighted by atomic mass is 9.99. The topological polar surface area (TPSA) is 116 Å². The van der Waals surface area contributed by atoms with Gasteiger partial charge in [-0.1, -0.05) is 20.8 Å². The zero-order valence-electron chi connectivity index (χ0n) is 25.7. The molecule has 0 bridgehead atoms. The standard InChI is InChI=1S/C31H44N4O6S2/c1-5-15-33-18-14-25-26(21-33)42-29(27(25)30(37)34(16-6-2)17-7-3)32-28(36)22-8-10-24(11-9-22)43(39,40)35-19-12-23(13-20-35)31(38)41-4/h8-11,23H,5-7,12-21H2,1-4H3,(H,32,36). The molecule has 3 heterocycles. The van der Waals surface area contributed by atoms with E-state index in [-0.39, 0.29) is 35.8 Å². The van der Waals surface area contributed by atoms with Gasteiger partial charge in [-0.3, -0.25) is 19.3 Å². The van der Waals surface area contributed by atoms with Crippen molar-refractivity contribution in [3.63, 3.8) is 0 Å². The molecule has 2 aliphatic heterocycles. The van der Waals surface area contributed by atoms with Gasteiger partial charge in [0, 0.05) is 49.7 Å². The Morgan fingerprint density at radius 1 is 1.00 bits per heavy atom. The molecule has 1 aromatic heterocycles. The number of hydrogen-bond acceptors (Lipinski definition) is 8. The van der Waals surface area contributed by atoms with E-state index in [0.29, 0.717) is 42.1 Å². The van der Waals surface area contributed by atoms with Gasteiger partial charge in [0.1, 0.15) is 5.00 Å². The van der Waals surface area contributed by atoms with Crippen molar-refractivity contribution in [1.82, 2.24) is 14.1 Å². The fourth-order valence-electron chi connectivity index (χ4n) is 5.89. The average Bonchev–Trinajstić information content (AvgIpc) is 3.37. The zero-order valence-corrected chi connectivity index (χ0v) is 27.3. The summed E-state index contributed by atoms with van der Waals surface area (Å²) in [7, 11) is -2.44. The Labute approximate surface area is 259 Å². The number of ether oxygens (including phenoxy) is 1. The maximum Gasteiger partial charge on any atom is 0.308 e. The van der Waals surface area contributed by atoms with Crippen LogP contribution in [0.15, 0.2) is 29.2 Å². The maximum atomic E-state index is 13.9. The monoisotopic (exact) mass is 632 g/mol. The van der Waals surface area contributed by atoms with E-state index < -0.39 is 15.9 Å². The third kappa shape index (κ3) is 7.47. The third-order valence-corrected chi connectivity index (χ3v) is 11.2. The fraction of sp³-hybridized carbons (Fsp3) is 0.581. The molecule has 0 spiro atoms. The van der Waals surface area contributed by atoms with E-state index in [2.05, 4.69) is 31.0 Å². The van der Waals surface area contributed by atoms with Crippen molar-refractivity contribution in [2.24, 2.45) is 5.92 Å². The Morgan fingerprint density at radius 3 is 2.23 bits per heavy atom. The number of hydrogen-bond donors (Lipinski definition) is 1. The number of anilines is 1. The van der Waals surface area contributed by atoms with E-state index in [1.807, 2.05) is 4.90 Å². The zero-order chi connectivity index (χ0) is 31.1. The number of methoxy groups -OCH3 is 1. The van der Waals surface area contributed by atoms with Gasteiger partial charge in [0.25, 0.3) is 11.8 Å². The molecule has 2 aliphatic rings. The summed E-state index contributed by atoms with van der Waals surface area (Å²) in [5, 5.41) is 3.56. The minimum absolute atomic E-state index is 0.0437. The first-order chi connectivity index (χ1) is 20.6. The summed E-state index contributed by atoms with van der Waals surface area (Å²) >= 11 is 1.47. The highest BCUT2D eigenvalue weighted by Crippen LogP contribution is 2.38. The summed E-state index contributed by atoms with van der Waals surface area (Å²) in [6, 6.07) is 5.88. The molecule has 2 amide bonds. The van der Waals surface area contributed by atoms with Crippen molar-refractivity contribution in [2.45, 2.75) is 70.7 Å². The molecule has 2 aromatic rings. The van der Waals surface area contributed by atoms with Crippen LogP contribution in [0.2, 0.25) is 0 Å². The fourth-order valence-corrected chi connectivity index (χ4v) is 8.64. The van der Waals surface area contributed by atoms with Crippen molar-refractivity contribution in [3.05, 3.63) is 45.8 Å². The number of fused-ring (bicyclic) bond motifs is 1. The van der Waals surface area contributed by atoms with E-state index in [0.717, 1.165) is 55.8 Å². The van der Waals surface area contributed by atoms with Crippen molar-refractivity contribution >= 4 is 44.1 Å². The second-order valence-corrected chi connectivity index (χ2v) is 14.2. The Balaban J connectivity index is 1.54. The molecule has 4 rings (SSSR count).